The highest BCUT2D eigenvalue weighted by molar-refractivity contribution is 7.89. The fraction of sp³-hybridized carbons (Fsp3) is 0.267. The van der Waals surface area contributed by atoms with Crippen LogP contribution >= 0.6 is 0 Å². The molecular weight excluding hydrogens is 306 g/mol. The van der Waals surface area contributed by atoms with Crippen molar-refractivity contribution in [3.63, 3.8) is 0 Å². The fourth-order valence-electron chi connectivity index (χ4n) is 2.19. The Morgan fingerprint density at radius 3 is 2.27 bits per heavy atom. The van der Waals surface area contributed by atoms with E-state index in [2.05, 4.69) is 4.72 Å². The highest BCUT2D eigenvalue weighted by Crippen LogP contribution is 2.26. The van der Waals surface area contributed by atoms with Crippen LogP contribution in [0, 0.1) is 20.8 Å². The van der Waals surface area contributed by atoms with Gasteiger partial charge in [-0.3, -0.25) is 0 Å². The van der Waals surface area contributed by atoms with Gasteiger partial charge in [-0.05, 0) is 26.3 Å². The SMILES string of the molecule is Cc1ccc(CNS(=O)(=O)c2c(C)oc(C)c2C(=O)O)cc1. The normalized spacial score (nSPS) is 11.6. The Balaban J connectivity index is 2.31. The molecule has 0 aliphatic heterocycles. The van der Waals surface area contributed by atoms with Gasteiger partial charge in [0.25, 0.3) is 0 Å². The highest BCUT2D eigenvalue weighted by Gasteiger charge is 2.30. The van der Waals surface area contributed by atoms with Crippen LogP contribution in [0.5, 0.6) is 0 Å². The van der Waals surface area contributed by atoms with Crippen molar-refractivity contribution in [2.24, 2.45) is 0 Å². The van der Waals surface area contributed by atoms with Crippen LogP contribution in [-0.4, -0.2) is 19.5 Å². The Morgan fingerprint density at radius 2 is 1.73 bits per heavy atom. The van der Waals surface area contributed by atoms with Gasteiger partial charge in [0.15, 0.2) is 0 Å². The largest absolute Gasteiger partial charge is 0.478 e. The van der Waals surface area contributed by atoms with Gasteiger partial charge in [0.05, 0.1) is 0 Å². The third-order valence-corrected chi connectivity index (χ3v) is 4.83. The Hall–Kier alpha value is -2.12. The molecule has 0 radical (unpaired) electrons. The molecule has 0 aliphatic carbocycles. The number of benzene rings is 1. The number of carboxylic acids is 1. The summed E-state index contributed by atoms with van der Waals surface area (Å²) in [6, 6.07) is 7.37. The summed E-state index contributed by atoms with van der Waals surface area (Å²) in [6.45, 7) is 4.87. The Morgan fingerprint density at radius 1 is 1.14 bits per heavy atom. The third-order valence-electron chi connectivity index (χ3n) is 3.27. The first-order chi connectivity index (χ1) is 10.2. The van der Waals surface area contributed by atoms with Crippen molar-refractivity contribution in [2.75, 3.05) is 0 Å². The van der Waals surface area contributed by atoms with Gasteiger partial charge in [0.2, 0.25) is 10.0 Å². The van der Waals surface area contributed by atoms with E-state index in [-0.39, 0.29) is 28.5 Å². The summed E-state index contributed by atoms with van der Waals surface area (Å²) in [7, 11) is -3.98. The summed E-state index contributed by atoms with van der Waals surface area (Å²) in [5.74, 6) is -1.20. The standard InChI is InChI=1S/C15H17NO5S/c1-9-4-6-12(7-5-9)8-16-22(19,20)14-11(3)21-10(2)13(14)15(17)18/h4-7,16H,8H2,1-3H3,(H,17,18). The average molecular weight is 323 g/mol. The van der Waals surface area contributed by atoms with Gasteiger partial charge < -0.3 is 9.52 Å². The topological polar surface area (TPSA) is 96.6 Å². The molecule has 0 spiro atoms. The molecule has 6 nitrogen and oxygen atoms in total. The Kier molecular flexibility index (Phi) is 4.39. The molecule has 0 bridgehead atoms. The maximum atomic E-state index is 12.4. The number of carbonyl (C=O) groups is 1. The van der Waals surface area contributed by atoms with Crippen molar-refractivity contribution in [1.82, 2.24) is 4.72 Å². The number of carboxylic acid groups (broad SMARTS) is 1. The van der Waals surface area contributed by atoms with E-state index in [9.17, 15) is 18.3 Å². The zero-order valence-electron chi connectivity index (χ0n) is 12.5. The van der Waals surface area contributed by atoms with Gasteiger partial charge in [-0.15, -0.1) is 0 Å². The molecule has 22 heavy (non-hydrogen) atoms. The summed E-state index contributed by atoms with van der Waals surface area (Å²) < 4.78 is 32.4. The van der Waals surface area contributed by atoms with Crippen molar-refractivity contribution in [1.29, 1.82) is 0 Å². The molecule has 2 N–H and O–H groups in total. The molecule has 0 saturated heterocycles. The summed E-state index contributed by atoms with van der Waals surface area (Å²) in [5.41, 5.74) is 1.53. The van der Waals surface area contributed by atoms with Gasteiger partial charge >= 0.3 is 5.97 Å². The molecule has 118 valence electrons. The smallest absolute Gasteiger partial charge is 0.340 e. The molecule has 0 amide bonds. The zero-order chi connectivity index (χ0) is 16.5. The van der Waals surface area contributed by atoms with Gasteiger partial charge in [-0.2, -0.15) is 0 Å². The summed E-state index contributed by atoms with van der Waals surface area (Å²) in [4.78, 5) is 10.9. The quantitative estimate of drug-likeness (QED) is 0.880. The number of rotatable bonds is 5. The van der Waals surface area contributed by atoms with Crippen molar-refractivity contribution in [3.8, 4) is 0 Å². The average Bonchev–Trinajstić information content (AvgIpc) is 2.74. The fourth-order valence-corrected chi connectivity index (χ4v) is 3.61. The van der Waals surface area contributed by atoms with Crippen molar-refractivity contribution >= 4 is 16.0 Å². The predicted molar refractivity (Wildman–Crippen MR) is 80.3 cm³/mol. The van der Waals surface area contributed by atoms with Crippen LogP contribution in [-0.2, 0) is 16.6 Å². The van der Waals surface area contributed by atoms with Crippen LogP contribution < -0.4 is 4.72 Å². The number of aromatic carboxylic acids is 1. The number of hydrogen-bond donors (Lipinski definition) is 2. The van der Waals surface area contributed by atoms with Crippen LogP contribution in [0.25, 0.3) is 0 Å². The van der Waals surface area contributed by atoms with Crippen molar-refractivity contribution in [2.45, 2.75) is 32.2 Å². The van der Waals surface area contributed by atoms with Crippen LogP contribution in [0.1, 0.15) is 33.0 Å². The Labute approximate surface area is 128 Å². The van der Waals surface area contributed by atoms with Crippen LogP contribution in [0.3, 0.4) is 0 Å². The minimum atomic E-state index is -3.98. The van der Waals surface area contributed by atoms with Crippen LogP contribution in [0.4, 0.5) is 0 Å². The molecule has 0 saturated carbocycles. The van der Waals surface area contributed by atoms with E-state index < -0.39 is 16.0 Å². The molecule has 1 aromatic carbocycles. The van der Waals surface area contributed by atoms with Crippen molar-refractivity contribution < 1.29 is 22.7 Å². The Bertz CT molecular complexity index is 803. The minimum absolute atomic E-state index is 0.0614. The highest BCUT2D eigenvalue weighted by atomic mass is 32.2. The van der Waals surface area contributed by atoms with E-state index in [1.807, 2.05) is 31.2 Å². The number of aryl methyl sites for hydroxylation is 3. The summed E-state index contributed by atoms with van der Waals surface area (Å²) in [5, 5.41) is 9.19. The molecule has 7 heteroatoms. The van der Waals surface area contributed by atoms with Crippen molar-refractivity contribution in [3.05, 3.63) is 52.5 Å². The maximum Gasteiger partial charge on any atom is 0.340 e. The summed E-state index contributed by atoms with van der Waals surface area (Å²) in [6.07, 6.45) is 0. The summed E-state index contributed by atoms with van der Waals surface area (Å²) >= 11 is 0. The molecule has 2 aromatic rings. The van der Waals surface area contributed by atoms with Gasteiger partial charge in [0, 0.05) is 6.54 Å². The van der Waals surface area contributed by atoms with E-state index in [0.717, 1.165) is 11.1 Å². The van der Waals surface area contributed by atoms with Gasteiger partial charge in [-0.25, -0.2) is 17.9 Å². The number of sulfonamides is 1. The molecule has 0 unspecified atom stereocenters. The predicted octanol–water partition coefficient (Wildman–Crippen LogP) is 2.38. The lowest BCUT2D eigenvalue weighted by molar-refractivity contribution is 0.0691. The van der Waals surface area contributed by atoms with E-state index in [4.69, 9.17) is 4.42 Å². The first kappa shape index (κ1) is 16.3. The maximum absolute atomic E-state index is 12.4. The van der Waals surface area contributed by atoms with Gasteiger partial charge in [-0.1, -0.05) is 29.8 Å². The molecule has 0 fully saturated rings. The lowest BCUT2D eigenvalue weighted by Gasteiger charge is -2.07. The molecule has 1 heterocycles. The zero-order valence-corrected chi connectivity index (χ0v) is 13.3. The molecule has 1 aromatic heterocycles. The lowest BCUT2D eigenvalue weighted by Crippen LogP contribution is -2.25. The molecular formula is C15H17NO5S. The molecule has 0 aliphatic rings. The van der Waals surface area contributed by atoms with E-state index in [1.165, 1.54) is 13.8 Å². The minimum Gasteiger partial charge on any atom is -0.478 e. The third kappa shape index (κ3) is 3.20. The number of nitrogens with one attached hydrogen (secondary N) is 1. The monoisotopic (exact) mass is 323 g/mol. The first-order valence-electron chi connectivity index (χ1n) is 6.61. The first-order valence-corrected chi connectivity index (χ1v) is 8.09. The van der Waals surface area contributed by atoms with E-state index >= 15 is 0 Å². The van der Waals surface area contributed by atoms with E-state index in [1.54, 1.807) is 0 Å². The second kappa shape index (κ2) is 5.94. The second-order valence-corrected chi connectivity index (χ2v) is 6.74. The van der Waals surface area contributed by atoms with Crippen LogP contribution in [0.2, 0.25) is 0 Å². The second-order valence-electron chi connectivity index (χ2n) is 5.03. The van der Waals surface area contributed by atoms with E-state index in [0.29, 0.717) is 0 Å². The number of furan rings is 1. The molecule has 2 rings (SSSR count). The molecule has 0 atom stereocenters. The van der Waals surface area contributed by atoms with Gasteiger partial charge in [0.1, 0.15) is 22.0 Å². The lowest BCUT2D eigenvalue weighted by atomic mass is 10.2. The van der Waals surface area contributed by atoms with Crippen LogP contribution in [0.15, 0.2) is 33.6 Å². The number of hydrogen-bond acceptors (Lipinski definition) is 4.